The van der Waals surface area contributed by atoms with E-state index in [1.54, 1.807) is 11.8 Å². The molecule has 0 aliphatic rings. The SMILES string of the molecule is Cc1ccc(Sc2ccc(C)cc2N)c(C)c1. The van der Waals surface area contributed by atoms with Crippen LogP contribution in [0.5, 0.6) is 0 Å². The Balaban J connectivity index is 2.31. The first-order chi connectivity index (χ1) is 8.06. The van der Waals surface area contributed by atoms with Gasteiger partial charge in [0.2, 0.25) is 0 Å². The summed E-state index contributed by atoms with van der Waals surface area (Å²) >= 11 is 1.73. The lowest BCUT2D eigenvalue weighted by Crippen LogP contribution is -1.90. The van der Waals surface area contributed by atoms with Gasteiger partial charge in [-0.15, -0.1) is 0 Å². The fourth-order valence-corrected chi connectivity index (χ4v) is 2.70. The first-order valence-electron chi connectivity index (χ1n) is 5.67. The Bertz CT molecular complexity index is 497. The van der Waals surface area contributed by atoms with Crippen LogP contribution in [0, 0.1) is 20.8 Å². The minimum absolute atomic E-state index is 0.856. The fraction of sp³-hybridized carbons (Fsp3) is 0.200. The first kappa shape index (κ1) is 12.1. The Kier molecular flexibility index (Phi) is 3.43. The van der Waals surface area contributed by atoms with Gasteiger partial charge in [-0.1, -0.05) is 35.5 Å². The average molecular weight is 243 g/mol. The lowest BCUT2D eigenvalue weighted by atomic mass is 10.2. The van der Waals surface area contributed by atoms with Crippen molar-refractivity contribution in [2.24, 2.45) is 0 Å². The lowest BCUT2D eigenvalue weighted by molar-refractivity contribution is 1.26. The Hall–Kier alpha value is -1.41. The van der Waals surface area contributed by atoms with E-state index < -0.39 is 0 Å². The van der Waals surface area contributed by atoms with Crippen molar-refractivity contribution >= 4 is 17.4 Å². The average Bonchev–Trinajstić information content (AvgIpc) is 2.25. The summed E-state index contributed by atoms with van der Waals surface area (Å²) in [4.78, 5) is 2.40. The number of hydrogen-bond acceptors (Lipinski definition) is 2. The summed E-state index contributed by atoms with van der Waals surface area (Å²) < 4.78 is 0. The summed E-state index contributed by atoms with van der Waals surface area (Å²) in [5.41, 5.74) is 10.7. The molecule has 0 amide bonds. The largest absolute Gasteiger partial charge is 0.398 e. The molecule has 2 aromatic rings. The summed E-state index contributed by atoms with van der Waals surface area (Å²) in [7, 11) is 0. The highest BCUT2D eigenvalue weighted by Gasteiger charge is 2.04. The highest BCUT2D eigenvalue weighted by Crippen LogP contribution is 2.34. The van der Waals surface area contributed by atoms with Crippen molar-refractivity contribution in [3.8, 4) is 0 Å². The molecule has 0 saturated carbocycles. The van der Waals surface area contributed by atoms with Gasteiger partial charge in [-0.25, -0.2) is 0 Å². The maximum atomic E-state index is 6.03. The van der Waals surface area contributed by atoms with Crippen LogP contribution in [0.1, 0.15) is 16.7 Å². The molecular formula is C15H17NS. The molecule has 0 aliphatic heterocycles. The molecule has 2 N–H and O–H groups in total. The van der Waals surface area contributed by atoms with Gasteiger partial charge >= 0.3 is 0 Å². The monoisotopic (exact) mass is 243 g/mol. The topological polar surface area (TPSA) is 26.0 Å². The van der Waals surface area contributed by atoms with E-state index in [2.05, 4.69) is 51.1 Å². The molecule has 0 bridgehead atoms. The molecule has 0 spiro atoms. The van der Waals surface area contributed by atoms with Crippen LogP contribution in [0.15, 0.2) is 46.2 Å². The van der Waals surface area contributed by atoms with Gasteiger partial charge in [0.05, 0.1) is 0 Å². The third-order valence-electron chi connectivity index (χ3n) is 2.72. The summed E-state index contributed by atoms with van der Waals surface area (Å²) in [6.45, 7) is 6.31. The molecule has 0 atom stereocenters. The molecule has 0 aliphatic carbocycles. The maximum Gasteiger partial charge on any atom is 0.0458 e. The summed E-state index contributed by atoms with van der Waals surface area (Å²) in [5.74, 6) is 0. The second-order valence-electron chi connectivity index (χ2n) is 4.41. The zero-order chi connectivity index (χ0) is 12.4. The van der Waals surface area contributed by atoms with E-state index in [-0.39, 0.29) is 0 Å². The number of aryl methyl sites for hydroxylation is 3. The molecule has 88 valence electrons. The van der Waals surface area contributed by atoms with Crippen molar-refractivity contribution in [1.29, 1.82) is 0 Å². The van der Waals surface area contributed by atoms with Crippen LogP contribution in [0.25, 0.3) is 0 Å². The molecule has 0 aromatic heterocycles. The van der Waals surface area contributed by atoms with E-state index in [0.29, 0.717) is 0 Å². The molecule has 2 aromatic carbocycles. The highest BCUT2D eigenvalue weighted by atomic mass is 32.2. The van der Waals surface area contributed by atoms with Crippen LogP contribution >= 0.6 is 11.8 Å². The third-order valence-corrected chi connectivity index (χ3v) is 3.99. The molecular weight excluding hydrogens is 226 g/mol. The Labute approximate surface area is 107 Å². The van der Waals surface area contributed by atoms with Gasteiger partial charge in [-0.3, -0.25) is 0 Å². The van der Waals surface area contributed by atoms with Gasteiger partial charge < -0.3 is 5.73 Å². The van der Waals surface area contributed by atoms with Crippen LogP contribution in [-0.4, -0.2) is 0 Å². The van der Waals surface area contributed by atoms with Crippen LogP contribution < -0.4 is 5.73 Å². The maximum absolute atomic E-state index is 6.03. The van der Waals surface area contributed by atoms with Crippen molar-refractivity contribution in [2.45, 2.75) is 30.6 Å². The zero-order valence-corrected chi connectivity index (χ0v) is 11.3. The number of hydrogen-bond donors (Lipinski definition) is 1. The molecule has 0 radical (unpaired) electrons. The number of anilines is 1. The van der Waals surface area contributed by atoms with Gasteiger partial charge in [-0.05, 0) is 50.1 Å². The van der Waals surface area contributed by atoms with Crippen LogP contribution in [0.3, 0.4) is 0 Å². The fourth-order valence-electron chi connectivity index (χ4n) is 1.79. The second-order valence-corrected chi connectivity index (χ2v) is 5.50. The van der Waals surface area contributed by atoms with E-state index in [4.69, 9.17) is 5.73 Å². The Morgan fingerprint density at radius 2 is 1.41 bits per heavy atom. The molecule has 0 saturated heterocycles. The van der Waals surface area contributed by atoms with Gasteiger partial charge in [0.25, 0.3) is 0 Å². The minimum atomic E-state index is 0.856. The Morgan fingerprint density at radius 3 is 2.00 bits per heavy atom. The van der Waals surface area contributed by atoms with Crippen LogP contribution in [0.2, 0.25) is 0 Å². The number of benzene rings is 2. The predicted molar refractivity (Wildman–Crippen MR) is 75.6 cm³/mol. The molecule has 0 unspecified atom stereocenters. The van der Waals surface area contributed by atoms with E-state index in [1.807, 2.05) is 6.07 Å². The number of rotatable bonds is 2. The van der Waals surface area contributed by atoms with Crippen LogP contribution in [0.4, 0.5) is 5.69 Å². The summed E-state index contributed by atoms with van der Waals surface area (Å²) in [5, 5.41) is 0. The van der Waals surface area contributed by atoms with Crippen molar-refractivity contribution in [3.63, 3.8) is 0 Å². The standard InChI is InChI=1S/C15H17NS/c1-10-4-6-14(12(3)8-10)17-15-7-5-11(2)9-13(15)16/h4-9H,16H2,1-3H3. The van der Waals surface area contributed by atoms with E-state index in [9.17, 15) is 0 Å². The van der Waals surface area contributed by atoms with Gasteiger partial charge in [0.1, 0.15) is 0 Å². The molecule has 1 nitrogen and oxygen atoms in total. The van der Waals surface area contributed by atoms with Gasteiger partial charge in [0, 0.05) is 15.5 Å². The Morgan fingerprint density at radius 1 is 0.824 bits per heavy atom. The smallest absolute Gasteiger partial charge is 0.0458 e. The predicted octanol–water partition coefficient (Wildman–Crippen LogP) is 4.35. The van der Waals surface area contributed by atoms with Gasteiger partial charge in [-0.2, -0.15) is 0 Å². The molecule has 0 fully saturated rings. The third kappa shape index (κ3) is 2.83. The van der Waals surface area contributed by atoms with Crippen molar-refractivity contribution < 1.29 is 0 Å². The molecule has 17 heavy (non-hydrogen) atoms. The summed E-state index contributed by atoms with van der Waals surface area (Å²) in [6, 6.07) is 12.7. The quantitative estimate of drug-likeness (QED) is 0.794. The van der Waals surface area contributed by atoms with E-state index >= 15 is 0 Å². The lowest BCUT2D eigenvalue weighted by Gasteiger charge is -2.09. The minimum Gasteiger partial charge on any atom is -0.398 e. The second kappa shape index (κ2) is 4.84. The molecule has 0 heterocycles. The zero-order valence-electron chi connectivity index (χ0n) is 10.4. The van der Waals surface area contributed by atoms with Crippen molar-refractivity contribution in [2.75, 3.05) is 5.73 Å². The van der Waals surface area contributed by atoms with Crippen molar-refractivity contribution in [1.82, 2.24) is 0 Å². The summed E-state index contributed by atoms with van der Waals surface area (Å²) in [6.07, 6.45) is 0. The van der Waals surface area contributed by atoms with E-state index in [0.717, 1.165) is 10.6 Å². The van der Waals surface area contributed by atoms with Gasteiger partial charge in [0.15, 0.2) is 0 Å². The number of nitrogens with two attached hydrogens (primary N) is 1. The van der Waals surface area contributed by atoms with E-state index in [1.165, 1.54) is 21.6 Å². The van der Waals surface area contributed by atoms with Crippen LogP contribution in [-0.2, 0) is 0 Å². The highest BCUT2D eigenvalue weighted by molar-refractivity contribution is 7.99. The van der Waals surface area contributed by atoms with Crippen molar-refractivity contribution in [3.05, 3.63) is 53.1 Å². The number of nitrogen functional groups attached to an aromatic ring is 1. The molecule has 2 rings (SSSR count). The first-order valence-corrected chi connectivity index (χ1v) is 6.49. The molecule has 2 heteroatoms. The normalized spacial score (nSPS) is 10.5.